The zero-order valence-electron chi connectivity index (χ0n) is 10.9. The zero-order chi connectivity index (χ0) is 11.8. The van der Waals surface area contributed by atoms with Gasteiger partial charge in [-0.25, -0.2) is 0 Å². The fraction of sp³-hybridized carbons (Fsp3) is 1.00. The molecule has 0 aliphatic carbocycles. The Labute approximate surface area is 99.8 Å². The van der Waals surface area contributed by atoms with E-state index in [0.717, 1.165) is 26.1 Å². The van der Waals surface area contributed by atoms with Crippen molar-refractivity contribution in [3.63, 3.8) is 0 Å². The average Bonchev–Trinajstić information content (AvgIpc) is 2.32. The first-order valence-corrected chi connectivity index (χ1v) is 6.50. The number of nitrogens with zero attached hydrogens (tertiary/aromatic N) is 3. The summed E-state index contributed by atoms with van der Waals surface area (Å²) in [6, 6.07) is 0. The Morgan fingerprint density at radius 3 is 2.38 bits per heavy atom. The van der Waals surface area contributed by atoms with Crippen molar-refractivity contribution >= 4 is 0 Å². The van der Waals surface area contributed by atoms with Crippen LogP contribution in [0, 0.1) is 0 Å². The van der Waals surface area contributed by atoms with Gasteiger partial charge in [-0.3, -0.25) is 4.90 Å². The lowest BCUT2D eigenvalue weighted by Crippen LogP contribution is -2.47. The minimum absolute atomic E-state index is 0.311. The van der Waals surface area contributed by atoms with E-state index in [0.29, 0.717) is 6.61 Å². The fourth-order valence-corrected chi connectivity index (χ4v) is 2.08. The van der Waals surface area contributed by atoms with Gasteiger partial charge in [0, 0.05) is 52.4 Å². The second-order valence-electron chi connectivity index (χ2n) is 4.66. The van der Waals surface area contributed by atoms with E-state index >= 15 is 0 Å². The van der Waals surface area contributed by atoms with E-state index in [2.05, 4.69) is 28.7 Å². The Bertz CT molecular complexity index is 165. The van der Waals surface area contributed by atoms with Gasteiger partial charge in [-0.05, 0) is 20.0 Å². The molecule has 16 heavy (non-hydrogen) atoms. The Morgan fingerprint density at radius 2 is 1.81 bits per heavy atom. The van der Waals surface area contributed by atoms with Crippen LogP contribution in [0.25, 0.3) is 0 Å². The van der Waals surface area contributed by atoms with E-state index in [1.807, 2.05) is 0 Å². The summed E-state index contributed by atoms with van der Waals surface area (Å²) in [7, 11) is 2.19. The molecule has 1 aliphatic heterocycles. The molecule has 1 fully saturated rings. The van der Waals surface area contributed by atoms with Crippen molar-refractivity contribution in [3.05, 3.63) is 0 Å². The molecule has 0 saturated carbocycles. The maximum absolute atomic E-state index is 8.81. The molecule has 1 aliphatic rings. The lowest BCUT2D eigenvalue weighted by atomic mass is 10.3. The average molecular weight is 229 g/mol. The molecule has 1 saturated heterocycles. The standard InChI is InChI=1S/C12H27N3O/c1-3-14(5-4-12-16)10-11-15-8-6-13(2)7-9-15/h16H,3-12H2,1-2H3. The van der Waals surface area contributed by atoms with Gasteiger partial charge in [-0.1, -0.05) is 6.92 Å². The highest BCUT2D eigenvalue weighted by molar-refractivity contribution is 4.70. The summed E-state index contributed by atoms with van der Waals surface area (Å²) in [6.07, 6.45) is 0.899. The maximum atomic E-state index is 8.81. The number of hydrogen-bond donors (Lipinski definition) is 1. The third-order valence-corrected chi connectivity index (χ3v) is 3.41. The Hall–Kier alpha value is -0.160. The second kappa shape index (κ2) is 8.01. The van der Waals surface area contributed by atoms with E-state index in [4.69, 9.17) is 5.11 Å². The van der Waals surface area contributed by atoms with Crippen LogP contribution in [0.4, 0.5) is 0 Å². The van der Waals surface area contributed by atoms with Gasteiger partial charge in [0.05, 0.1) is 0 Å². The van der Waals surface area contributed by atoms with Gasteiger partial charge in [0.1, 0.15) is 0 Å². The van der Waals surface area contributed by atoms with Crippen molar-refractivity contribution in [2.24, 2.45) is 0 Å². The number of hydrogen-bond acceptors (Lipinski definition) is 4. The first-order valence-electron chi connectivity index (χ1n) is 6.50. The summed E-state index contributed by atoms with van der Waals surface area (Å²) in [6.45, 7) is 11.7. The summed E-state index contributed by atoms with van der Waals surface area (Å²) in [4.78, 5) is 7.36. The van der Waals surface area contributed by atoms with Crippen LogP contribution < -0.4 is 0 Å². The van der Waals surface area contributed by atoms with Crippen molar-refractivity contribution < 1.29 is 5.11 Å². The van der Waals surface area contributed by atoms with E-state index in [-0.39, 0.29) is 0 Å². The lowest BCUT2D eigenvalue weighted by Gasteiger charge is -2.33. The van der Waals surface area contributed by atoms with Crippen LogP contribution in [0.3, 0.4) is 0 Å². The lowest BCUT2D eigenvalue weighted by molar-refractivity contribution is 0.133. The molecule has 0 aromatic carbocycles. The largest absolute Gasteiger partial charge is 0.396 e. The molecule has 0 atom stereocenters. The molecule has 1 N–H and O–H groups in total. The van der Waals surface area contributed by atoms with Gasteiger partial charge >= 0.3 is 0 Å². The molecule has 0 bridgehead atoms. The van der Waals surface area contributed by atoms with E-state index in [1.54, 1.807) is 0 Å². The Kier molecular flexibility index (Phi) is 6.96. The molecule has 4 nitrogen and oxygen atoms in total. The van der Waals surface area contributed by atoms with Crippen molar-refractivity contribution in [3.8, 4) is 0 Å². The van der Waals surface area contributed by atoms with E-state index in [1.165, 1.54) is 32.7 Å². The highest BCUT2D eigenvalue weighted by Gasteiger charge is 2.13. The predicted octanol–water partition coefficient (Wildman–Crippen LogP) is -0.0619. The van der Waals surface area contributed by atoms with Gasteiger partial charge in [0.2, 0.25) is 0 Å². The summed E-state index contributed by atoms with van der Waals surface area (Å²) >= 11 is 0. The first-order chi connectivity index (χ1) is 7.76. The van der Waals surface area contributed by atoms with Crippen LogP contribution in [0.15, 0.2) is 0 Å². The van der Waals surface area contributed by atoms with E-state index < -0.39 is 0 Å². The van der Waals surface area contributed by atoms with Crippen LogP contribution in [0.1, 0.15) is 13.3 Å². The topological polar surface area (TPSA) is 30.0 Å². The molecular weight excluding hydrogens is 202 g/mol. The molecule has 0 spiro atoms. The summed E-state index contributed by atoms with van der Waals surface area (Å²) in [5.74, 6) is 0. The minimum atomic E-state index is 0.311. The normalized spacial score (nSPS) is 19.5. The molecule has 4 heteroatoms. The van der Waals surface area contributed by atoms with Crippen LogP contribution in [-0.4, -0.2) is 85.8 Å². The van der Waals surface area contributed by atoms with Gasteiger partial charge in [0.25, 0.3) is 0 Å². The van der Waals surface area contributed by atoms with Crippen molar-refractivity contribution in [2.75, 3.05) is 66.0 Å². The minimum Gasteiger partial charge on any atom is -0.396 e. The third kappa shape index (κ3) is 5.25. The first kappa shape index (κ1) is 13.9. The summed E-state index contributed by atoms with van der Waals surface area (Å²) < 4.78 is 0. The Balaban J connectivity index is 2.11. The van der Waals surface area contributed by atoms with Crippen LogP contribution in [0.2, 0.25) is 0 Å². The molecule has 0 radical (unpaired) electrons. The fourth-order valence-electron chi connectivity index (χ4n) is 2.08. The quantitative estimate of drug-likeness (QED) is 0.662. The van der Waals surface area contributed by atoms with Crippen molar-refractivity contribution in [1.29, 1.82) is 0 Å². The van der Waals surface area contributed by atoms with Gasteiger partial charge in [0.15, 0.2) is 0 Å². The number of aliphatic hydroxyl groups excluding tert-OH is 1. The zero-order valence-corrected chi connectivity index (χ0v) is 10.9. The van der Waals surface area contributed by atoms with Crippen LogP contribution in [-0.2, 0) is 0 Å². The van der Waals surface area contributed by atoms with E-state index in [9.17, 15) is 0 Å². The highest BCUT2D eigenvalue weighted by Crippen LogP contribution is 2.00. The highest BCUT2D eigenvalue weighted by atomic mass is 16.3. The van der Waals surface area contributed by atoms with Crippen molar-refractivity contribution in [2.45, 2.75) is 13.3 Å². The summed E-state index contributed by atoms with van der Waals surface area (Å²) in [5.41, 5.74) is 0. The number of likely N-dealkylation sites (N-methyl/N-ethyl adjacent to an activating group) is 2. The van der Waals surface area contributed by atoms with Crippen molar-refractivity contribution in [1.82, 2.24) is 14.7 Å². The number of piperazine rings is 1. The third-order valence-electron chi connectivity index (χ3n) is 3.41. The van der Waals surface area contributed by atoms with Gasteiger partial charge in [-0.2, -0.15) is 0 Å². The predicted molar refractivity (Wildman–Crippen MR) is 67.8 cm³/mol. The van der Waals surface area contributed by atoms with Crippen LogP contribution >= 0.6 is 0 Å². The monoisotopic (exact) mass is 229 g/mol. The maximum Gasteiger partial charge on any atom is 0.0443 e. The number of aliphatic hydroxyl groups is 1. The van der Waals surface area contributed by atoms with Crippen LogP contribution in [0.5, 0.6) is 0 Å². The molecule has 96 valence electrons. The summed E-state index contributed by atoms with van der Waals surface area (Å²) in [5, 5.41) is 8.81. The van der Waals surface area contributed by atoms with Gasteiger partial charge < -0.3 is 14.9 Å². The molecule has 0 amide bonds. The SMILES string of the molecule is CCN(CCCO)CCN1CCN(C)CC1. The molecule has 1 rings (SSSR count). The smallest absolute Gasteiger partial charge is 0.0443 e. The number of rotatable bonds is 7. The second-order valence-corrected chi connectivity index (χ2v) is 4.66. The molecular formula is C12H27N3O. The Morgan fingerprint density at radius 1 is 1.12 bits per heavy atom. The molecule has 0 unspecified atom stereocenters. The molecule has 0 aromatic rings. The van der Waals surface area contributed by atoms with Gasteiger partial charge in [-0.15, -0.1) is 0 Å². The molecule has 0 aromatic heterocycles. The molecule has 1 heterocycles.